The second-order valence-corrected chi connectivity index (χ2v) is 6.48. The third-order valence-electron chi connectivity index (χ3n) is 2.58. The molecule has 6 nitrogen and oxygen atoms in total. The van der Waals surface area contributed by atoms with E-state index in [1.54, 1.807) is 0 Å². The van der Waals surface area contributed by atoms with Gasteiger partial charge in [-0.25, -0.2) is 4.21 Å². The predicted molar refractivity (Wildman–Crippen MR) is 64.4 cm³/mol. The first-order chi connectivity index (χ1) is 9.84. The van der Waals surface area contributed by atoms with Crippen molar-refractivity contribution in [2.24, 2.45) is 7.05 Å². The highest BCUT2D eigenvalue weighted by atomic mass is 32.2. The number of aryl methyl sites for hydroxylation is 1. The molecule has 22 heavy (non-hydrogen) atoms. The number of nitrogens with one attached hydrogen (secondary N) is 1. The Morgan fingerprint density at radius 2 is 1.77 bits per heavy atom. The van der Waals surface area contributed by atoms with Crippen LogP contribution in [-0.2, 0) is 34.1 Å². The molecule has 1 aromatic heterocycles. The van der Waals surface area contributed by atoms with Gasteiger partial charge in [0.05, 0.1) is 0 Å². The summed E-state index contributed by atoms with van der Waals surface area (Å²) in [6, 6.07) is 0. The molecule has 12 heteroatoms. The maximum atomic E-state index is 14.2. The number of hydroxylamine groups is 1. The van der Waals surface area contributed by atoms with Gasteiger partial charge in [0.1, 0.15) is 21.4 Å². The first kappa shape index (κ1) is 16.8. The summed E-state index contributed by atoms with van der Waals surface area (Å²) in [6.07, 6.45) is -4.05. The van der Waals surface area contributed by atoms with Crippen LogP contribution < -0.4 is 5.48 Å². The van der Waals surface area contributed by atoms with Crippen LogP contribution in [-0.4, -0.2) is 24.8 Å². The van der Waals surface area contributed by atoms with Gasteiger partial charge in [0.2, 0.25) is 0 Å². The third-order valence-corrected chi connectivity index (χ3v) is 3.84. The van der Waals surface area contributed by atoms with Crippen LogP contribution in [0.5, 0.6) is 0 Å². The first-order valence-corrected chi connectivity index (χ1v) is 6.95. The van der Waals surface area contributed by atoms with Gasteiger partial charge in [0.15, 0.2) is 11.4 Å². The third kappa shape index (κ3) is 2.97. The fourth-order valence-electron chi connectivity index (χ4n) is 1.67. The Hall–Kier alpha value is -1.56. The largest absolute Gasteiger partial charge is 0.437 e. The van der Waals surface area contributed by atoms with Gasteiger partial charge < -0.3 is 0 Å². The molecule has 1 aromatic rings. The molecular weight excluding hydrogens is 335 g/mol. The minimum atomic E-state index is -5.15. The van der Waals surface area contributed by atoms with Crippen LogP contribution in [0.15, 0.2) is 11.1 Å². The van der Waals surface area contributed by atoms with E-state index in [1.807, 2.05) is 5.48 Å². The van der Waals surface area contributed by atoms with Gasteiger partial charge in [0.25, 0.3) is 0 Å². The van der Waals surface area contributed by atoms with Crippen molar-refractivity contribution >= 4 is 10.8 Å². The number of hydrogen-bond acceptors (Lipinski definition) is 5. The SMILES string of the molecule is Cn1nc(C(F)(F)F)c(C(F)(F)S(=O)C2=CC(C)(C)ON2)n1. The molecular formula is C10H11F5N4O2S. The molecule has 0 radical (unpaired) electrons. The zero-order valence-corrected chi connectivity index (χ0v) is 12.4. The molecule has 0 bridgehead atoms. The van der Waals surface area contributed by atoms with Crippen LogP contribution in [0.3, 0.4) is 0 Å². The average Bonchev–Trinajstić information content (AvgIpc) is 2.91. The molecule has 1 atom stereocenters. The van der Waals surface area contributed by atoms with E-state index in [0.29, 0.717) is 4.80 Å². The summed E-state index contributed by atoms with van der Waals surface area (Å²) in [5.74, 6) is 0. The summed E-state index contributed by atoms with van der Waals surface area (Å²) in [5.41, 5.74) is -2.57. The summed E-state index contributed by atoms with van der Waals surface area (Å²) in [5, 5.41) is 0.970. The molecule has 0 aromatic carbocycles. The van der Waals surface area contributed by atoms with E-state index < -0.39 is 44.2 Å². The van der Waals surface area contributed by atoms with E-state index in [0.717, 1.165) is 13.1 Å². The van der Waals surface area contributed by atoms with Crippen LogP contribution >= 0.6 is 0 Å². The molecule has 1 aliphatic rings. The Bertz CT molecular complexity index is 652. The Morgan fingerprint density at radius 1 is 1.23 bits per heavy atom. The molecule has 0 aliphatic carbocycles. The zero-order valence-electron chi connectivity index (χ0n) is 11.5. The van der Waals surface area contributed by atoms with E-state index in [-0.39, 0.29) is 0 Å². The summed E-state index contributed by atoms with van der Waals surface area (Å²) in [6.45, 7) is 2.98. The lowest BCUT2D eigenvalue weighted by molar-refractivity contribution is -0.143. The number of nitrogens with zero attached hydrogens (tertiary/aromatic N) is 3. The number of hydrogen-bond donors (Lipinski definition) is 1. The van der Waals surface area contributed by atoms with Gasteiger partial charge in [-0.15, -0.1) is 5.10 Å². The molecule has 0 amide bonds. The van der Waals surface area contributed by atoms with Crippen molar-refractivity contribution < 1.29 is 31.0 Å². The van der Waals surface area contributed by atoms with Crippen molar-refractivity contribution in [3.8, 4) is 0 Å². The molecule has 2 heterocycles. The van der Waals surface area contributed by atoms with Crippen LogP contribution in [0.25, 0.3) is 0 Å². The minimum Gasteiger partial charge on any atom is -0.265 e. The zero-order chi connectivity index (χ0) is 16.9. The normalized spacial score (nSPS) is 19.7. The molecule has 0 spiro atoms. The van der Waals surface area contributed by atoms with Gasteiger partial charge in [-0.3, -0.25) is 10.3 Å². The maximum Gasteiger partial charge on any atom is 0.437 e. The van der Waals surface area contributed by atoms with Crippen LogP contribution in [0.1, 0.15) is 25.2 Å². The van der Waals surface area contributed by atoms with Crippen LogP contribution in [0.4, 0.5) is 22.0 Å². The summed E-state index contributed by atoms with van der Waals surface area (Å²) < 4.78 is 78.6. The van der Waals surface area contributed by atoms with Crippen molar-refractivity contribution in [2.75, 3.05) is 0 Å². The summed E-state index contributed by atoms with van der Waals surface area (Å²) >= 11 is 0. The Balaban J connectivity index is 2.46. The second-order valence-electron chi connectivity index (χ2n) is 4.99. The lowest BCUT2D eigenvalue weighted by atomic mass is 10.1. The highest BCUT2D eigenvalue weighted by molar-refractivity contribution is 7.89. The van der Waals surface area contributed by atoms with E-state index in [2.05, 4.69) is 10.2 Å². The Labute approximate surface area is 123 Å². The Morgan fingerprint density at radius 3 is 2.23 bits per heavy atom. The van der Waals surface area contributed by atoms with Crippen LogP contribution in [0.2, 0.25) is 0 Å². The molecule has 0 saturated carbocycles. The van der Waals surface area contributed by atoms with E-state index >= 15 is 0 Å². The molecule has 1 aliphatic heterocycles. The van der Waals surface area contributed by atoms with Gasteiger partial charge >= 0.3 is 11.4 Å². The molecule has 2 rings (SSSR count). The first-order valence-electron chi connectivity index (χ1n) is 5.80. The second kappa shape index (κ2) is 4.98. The fraction of sp³-hybridized carbons (Fsp3) is 0.600. The molecule has 0 fully saturated rings. The van der Waals surface area contributed by atoms with Crippen molar-refractivity contribution in [1.82, 2.24) is 20.5 Å². The topological polar surface area (TPSA) is 69.0 Å². The number of alkyl halides is 5. The van der Waals surface area contributed by atoms with Gasteiger partial charge in [0, 0.05) is 7.05 Å². The number of halogens is 5. The van der Waals surface area contributed by atoms with E-state index in [4.69, 9.17) is 4.84 Å². The van der Waals surface area contributed by atoms with Crippen molar-refractivity contribution in [1.29, 1.82) is 0 Å². The maximum absolute atomic E-state index is 14.2. The quantitative estimate of drug-likeness (QED) is 0.845. The highest BCUT2D eigenvalue weighted by Crippen LogP contribution is 2.41. The Kier molecular flexibility index (Phi) is 3.80. The average molecular weight is 346 g/mol. The van der Waals surface area contributed by atoms with Gasteiger partial charge in [-0.1, -0.05) is 0 Å². The fourth-order valence-corrected chi connectivity index (χ4v) is 2.76. The lowest BCUT2D eigenvalue weighted by Crippen LogP contribution is -2.29. The number of aromatic nitrogens is 3. The smallest absolute Gasteiger partial charge is 0.265 e. The highest BCUT2D eigenvalue weighted by Gasteiger charge is 2.53. The van der Waals surface area contributed by atoms with E-state index in [1.165, 1.54) is 13.8 Å². The standard InChI is InChI=1S/C10H11F5N4O2S/c1-8(2)4-5(18-21-8)22(20)10(14,15)7-6(9(11,12)13)16-19(3)17-7/h4,18H,1-3H3. The predicted octanol–water partition coefficient (Wildman–Crippen LogP) is 1.79. The monoisotopic (exact) mass is 346 g/mol. The molecule has 1 N–H and O–H groups in total. The van der Waals surface area contributed by atoms with Crippen molar-refractivity contribution in [3.63, 3.8) is 0 Å². The van der Waals surface area contributed by atoms with E-state index in [9.17, 15) is 26.2 Å². The lowest BCUT2D eigenvalue weighted by Gasteiger charge is -2.15. The summed E-state index contributed by atoms with van der Waals surface area (Å²) in [7, 11) is -2.20. The van der Waals surface area contributed by atoms with Gasteiger partial charge in [-0.05, 0) is 19.9 Å². The molecule has 124 valence electrons. The molecule has 1 unspecified atom stereocenters. The van der Waals surface area contributed by atoms with Crippen molar-refractivity contribution in [3.05, 3.63) is 22.5 Å². The number of rotatable bonds is 3. The van der Waals surface area contributed by atoms with Crippen LogP contribution in [0, 0.1) is 0 Å². The minimum absolute atomic E-state index is 0.347. The molecule has 0 saturated heterocycles. The van der Waals surface area contributed by atoms with Crippen molar-refractivity contribution in [2.45, 2.75) is 30.9 Å². The summed E-state index contributed by atoms with van der Waals surface area (Å²) in [4.78, 5) is 5.22. The van der Waals surface area contributed by atoms with Gasteiger partial charge in [-0.2, -0.15) is 31.8 Å².